The fourth-order valence-corrected chi connectivity index (χ4v) is 2.33. The van der Waals surface area contributed by atoms with Crippen molar-refractivity contribution in [2.45, 2.75) is 13.0 Å². The van der Waals surface area contributed by atoms with Crippen molar-refractivity contribution < 1.29 is 9.53 Å². The van der Waals surface area contributed by atoms with E-state index in [0.717, 1.165) is 10.7 Å². The molecule has 6 heteroatoms. The quantitative estimate of drug-likeness (QED) is 0.663. The van der Waals surface area contributed by atoms with Gasteiger partial charge >= 0.3 is 5.97 Å². The van der Waals surface area contributed by atoms with Crippen LogP contribution in [-0.4, -0.2) is 18.1 Å². The Morgan fingerprint density at radius 3 is 2.89 bits per heavy atom. The second-order valence-electron chi connectivity index (χ2n) is 4.03. The summed E-state index contributed by atoms with van der Waals surface area (Å²) in [4.78, 5) is 15.6. The van der Waals surface area contributed by atoms with Crippen LogP contribution in [0, 0.1) is 0 Å². The second-order valence-corrected chi connectivity index (χ2v) is 4.96. The Kier molecular flexibility index (Phi) is 4.01. The van der Waals surface area contributed by atoms with E-state index in [4.69, 9.17) is 5.73 Å². The van der Waals surface area contributed by atoms with Crippen molar-refractivity contribution in [1.82, 2.24) is 4.98 Å². The number of hydrogen-bond donors (Lipinski definition) is 2. The summed E-state index contributed by atoms with van der Waals surface area (Å²) in [6.07, 6.45) is 1.77. The van der Waals surface area contributed by atoms with Crippen LogP contribution in [0.15, 0.2) is 29.8 Å². The number of methoxy groups -OCH3 is 1. The van der Waals surface area contributed by atoms with Crippen LogP contribution < -0.4 is 11.1 Å². The number of hydrogen-bond acceptors (Lipinski definition) is 6. The zero-order valence-electron chi connectivity index (χ0n) is 10.7. The van der Waals surface area contributed by atoms with E-state index in [2.05, 4.69) is 15.0 Å². The van der Waals surface area contributed by atoms with E-state index in [1.165, 1.54) is 7.11 Å². The van der Waals surface area contributed by atoms with Gasteiger partial charge in [-0.15, -0.1) is 11.3 Å². The average Bonchev–Trinajstić information content (AvgIpc) is 2.94. The molecule has 19 heavy (non-hydrogen) atoms. The maximum atomic E-state index is 11.4. The number of carbonyl (C=O) groups excluding carboxylic acids is 1. The summed E-state index contributed by atoms with van der Waals surface area (Å²) in [6, 6.07) is 5.11. The first-order chi connectivity index (χ1) is 9.11. The summed E-state index contributed by atoms with van der Waals surface area (Å²) >= 11 is 1.58. The first-order valence-electron chi connectivity index (χ1n) is 5.75. The third-order valence-electron chi connectivity index (χ3n) is 2.67. The van der Waals surface area contributed by atoms with Gasteiger partial charge in [-0.2, -0.15) is 0 Å². The Labute approximate surface area is 115 Å². The van der Waals surface area contributed by atoms with E-state index >= 15 is 0 Å². The number of rotatable bonds is 4. The van der Waals surface area contributed by atoms with Crippen LogP contribution >= 0.6 is 11.3 Å². The minimum absolute atomic E-state index is 0.0614. The number of nitrogens with zero attached hydrogens (tertiary/aromatic N) is 1. The lowest BCUT2D eigenvalue weighted by molar-refractivity contribution is 0.0601. The van der Waals surface area contributed by atoms with Crippen molar-refractivity contribution in [2.75, 3.05) is 18.2 Å². The summed E-state index contributed by atoms with van der Waals surface area (Å²) in [5.74, 6) is -0.397. The van der Waals surface area contributed by atoms with Crippen molar-refractivity contribution >= 4 is 28.7 Å². The number of ether oxygens (including phenoxy) is 1. The Bertz CT molecular complexity index is 569. The van der Waals surface area contributed by atoms with Gasteiger partial charge in [0.1, 0.15) is 5.01 Å². The molecule has 2 aromatic rings. The molecule has 0 saturated carbocycles. The van der Waals surface area contributed by atoms with Crippen LogP contribution in [0.4, 0.5) is 11.4 Å². The first kappa shape index (κ1) is 13.4. The number of nitrogens with one attached hydrogen (secondary N) is 1. The van der Waals surface area contributed by atoms with Crippen LogP contribution in [0.2, 0.25) is 0 Å². The number of thiazole rings is 1. The van der Waals surface area contributed by atoms with Crippen LogP contribution in [0.5, 0.6) is 0 Å². The minimum atomic E-state index is -0.397. The van der Waals surface area contributed by atoms with Crippen molar-refractivity contribution in [1.29, 1.82) is 0 Å². The van der Waals surface area contributed by atoms with Crippen LogP contribution in [0.1, 0.15) is 28.3 Å². The molecule has 0 bridgehead atoms. The molecule has 0 fully saturated rings. The zero-order valence-corrected chi connectivity index (χ0v) is 11.5. The molecule has 5 nitrogen and oxygen atoms in total. The normalized spacial score (nSPS) is 11.9. The summed E-state index contributed by atoms with van der Waals surface area (Å²) in [7, 11) is 1.34. The Hall–Kier alpha value is -2.08. The molecule has 2 rings (SSSR count). The fraction of sp³-hybridized carbons (Fsp3) is 0.231. The largest absolute Gasteiger partial charge is 0.465 e. The summed E-state index contributed by atoms with van der Waals surface area (Å²) in [5.41, 5.74) is 7.65. The van der Waals surface area contributed by atoms with E-state index in [-0.39, 0.29) is 6.04 Å². The van der Waals surface area contributed by atoms with E-state index in [1.54, 1.807) is 35.7 Å². The number of benzene rings is 1. The highest BCUT2D eigenvalue weighted by Gasteiger charge is 2.12. The fourth-order valence-electron chi connectivity index (χ4n) is 1.68. The molecule has 0 aliphatic carbocycles. The van der Waals surface area contributed by atoms with Gasteiger partial charge in [-0.25, -0.2) is 9.78 Å². The Balaban J connectivity index is 2.15. The highest BCUT2D eigenvalue weighted by molar-refractivity contribution is 7.09. The van der Waals surface area contributed by atoms with Gasteiger partial charge in [-0.3, -0.25) is 0 Å². The number of carbonyl (C=O) groups is 1. The first-order valence-corrected chi connectivity index (χ1v) is 6.63. The lowest BCUT2D eigenvalue weighted by Gasteiger charge is -2.15. The van der Waals surface area contributed by atoms with Gasteiger partial charge in [0.2, 0.25) is 0 Å². The summed E-state index contributed by atoms with van der Waals surface area (Å²) in [5, 5.41) is 6.18. The van der Waals surface area contributed by atoms with Crippen molar-refractivity contribution in [3.8, 4) is 0 Å². The molecule has 3 N–H and O–H groups in total. The molecular weight excluding hydrogens is 262 g/mol. The molecule has 0 saturated heterocycles. The molecule has 1 heterocycles. The third kappa shape index (κ3) is 3.03. The predicted molar refractivity (Wildman–Crippen MR) is 76.3 cm³/mol. The molecule has 1 aromatic carbocycles. The van der Waals surface area contributed by atoms with E-state index in [1.807, 2.05) is 12.3 Å². The molecule has 1 atom stereocenters. The Morgan fingerprint density at radius 2 is 2.32 bits per heavy atom. The number of nitrogens with two attached hydrogens (primary N) is 1. The number of anilines is 2. The Morgan fingerprint density at radius 1 is 1.53 bits per heavy atom. The standard InChI is InChI=1S/C13H15N3O2S/c1-8(12-15-5-6-19-12)16-11-4-3-9(7-10(11)14)13(17)18-2/h3-8,16H,14H2,1-2H3. The van der Waals surface area contributed by atoms with Gasteiger partial charge in [-0.1, -0.05) is 0 Å². The van der Waals surface area contributed by atoms with Gasteiger partial charge in [0.15, 0.2) is 0 Å². The van der Waals surface area contributed by atoms with E-state index in [9.17, 15) is 4.79 Å². The number of aromatic nitrogens is 1. The molecule has 1 unspecified atom stereocenters. The maximum Gasteiger partial charge on any atom is 0.337 e. The van der Waals surface area contributed by atoms with Gasteiger partial charge in [0, 0.05) is 11.6 Å². The highest BCUT2D eigenvalue weighted by Crippen LogP contribution is 2.26. The number of nitrogen functional groups attached to an aromatic ring is 1. The highest BCUT2D eigenvalue weighted by atomic mass is 32.1. The third-order valence-corrected chi connectivity index (χ3v) is 3.62. The molecular formula is C13H15N3O2S. The molecule has 0 radical (unpaired) electrons. The molecule has 100 valence electrons. The van der Waals surface area contributed by atoms with Crippen molar-refractivity contribution in [3.05, 3.63) is 40.3 Å². The summed E-state index contributed by atoms with van der Waals surface area (Å²) in [6.45, 7) is 2.01. The van der Waals surface area contributed by atoms with Crippen molar-refractivity contribution in [3.63, 3.8) is 0 Å². The van der Waals surface area contributed by atoms with E-state index < -0.39 is 5.97 Å². The summed E-state index contributed by atoms with van der Waals surface area (Å²) < 4.78 is 4.65. The lowest BCUT2D eigenvalue weighted by atomic mass is 10.1. The maximum absolute atomic E-state index is 11.4. The molecule has 0 amide bonds. The topological polar surface area (TPSA) is 77.2 Å². The monoisotopic (exact) mass is 277 g/mol. The van der Waals surface area contributed by atoms with Crippen LogP contribution in [0.3, 0.4) is 0 Å². The molecule has 0 aliphatic rings. The SMILES string of the molecule is COC(=O)c1ccc(NC(C)c2nccs2)c(N)c1. The van der Waals surface area contributed by atoms with Crippen LogP contribution in [0.25, 0.3) is 0 Å². The lowest BCUT2D eigenvalue weighted by Crippen LogP contribution is -2.09. The van der Waals surface area contributed by atoms with E-state index in [0.29, 0.717) is 11.3 Å². The molecule has 0 spiro atoms. The van der Waals surface area contributed by atoms with Crippen molar-refractivity contribution in [2.24, 2.45) is 0 Å². The minimum Gasteiger partial charge on any atom is -0.465 e. The zero-order chi connectivity index (χ0) is 13.8. The molecule has 0 aliphatic heterocycles. The van der Waals surface area contributed by atoms with Gasteiger partial charge < -0.3 is 15.8 Å². The van der Waals surface area contributed by atoms with Gasteiger partial charge in [0.25, 0.3) is 0 Å². The van der Waals surface area contributed by atoms with Crippen LogP contribution in [-0.2, 0) is 4.74 Å². The number of esters is 1. The molecule has 1 aromatic heterocycles. The smallest absolute Gasteiger partial charge is 0.337 e. The predicted octanol–water partition coefficient (Wildman–Crippen LogP) is 2.68. The van der Waals surface area contributed by atoms with Gasteiger partial charge in [0.05, 0.1) is 30.1 Å². The van der Waals surface area contributed by atoms with Gasteiger partial charge in [-0.05, 0) is 25.1 Å². The average molecular weight is 277 g/mol. The second kappa shape index (κ2) is 5.71.